The van der Waals surface area contributed by atoms with Gasteiger partial charge in [0.1, 0.15) is 5.75 Å². The van der Waals surface area contributed by atoms with E-state index in [1.807, 2.05) is 12.1 Å². The molecule has 0 spiro atoms. The molecule has 1 heteroatoms. The van der Waals surface area contributed by atoms with Crippen LogP contribution in [0.15, 0.2) is 61.2 Å². The molecule has 18 heavy (non-hydrogen) atoms. The molecule has 0 unspecified atom stereocenters. The summed E-state index contributed by atoms with van der Waals surface area (Å²) in [7, 11) is 0. The molecule has 0 bridgehead atoms. The van der Waals surface area contributed by atoms with E-state index < -0.39 is 0 Å². The van der Waals surface area contributed by atoms with Gasteiger partial charge in [-0.15, -0.1) is 6.58 Å². The number of aromatic hydroxyl groups is 1. The minimum atomic E-state index is 0.322. The van der Waals surface area contributed by atoms with Crippen LogP contribution < -0.4 is 0 Å². The molecule has 0 aliphatic carbocycles. The molecule has 0 aromatic heterocycles. The fraction of sp³-hybridized carbons (Fsp3) is 0.176. The second kappa shape index (κ2) is 7.33. The number of benzene rings is 2. The molecule has 1 nitrogen and oxygen atoms in total. The van der Waals surface area contributed by atoms with Crippen molar-refractivity contribution < 1.29 is 5.11 Å². The first-order valence-electron chi connectivity index (χ1n) is 6.05. The molecular formula is C17H20O. The van der Waals surface area contributed by atoms with E-state index in [0.29, 0.717) is 5.75 Å². The van der Waals surface area contributed by atoms with Crippen molar-refractivity contribution in [2.24, 2.45) is 0 Å². The zero-order chi connectivity index (χ0) is 13.4. The summed E-state index contributed by atoms with van der Waals surface area (Å²) in [5.41, 5.74) is 4.15. The number of phenolic OH excluding ortho intramolecular Hbond substituents is 1. The lowest BCUT2D eigenvalue weighted by atomic mass is 10.0. The second-order valence-electron chi connectivity index (χ2n) is 4.19. The molecule has 0 saturated carbocycles. The molecule has 0 heterocycles. The summed E-state index contributed by atoms with van der Waals surface area (Å²) in [6, 6.07) is 15.1. The van der Waals surface area contributed by atoms with Gasteiger partial charge in [-0.3, -0.25) is 0 Å². The monoisotopic (exact) mass is 240 g/mol. The average Bonchev–Trinajstić information content (AvgIpc) is 2.37. The Labute approximate surface area is 109 Å². The number of hydrogen-bond donors (Lipinski definition) is 1. The Morgan fingerprint density at radius 3 is 2.17 bits per heavy atom. The fourth-order valence-corrected chi connectivity index (χ4v) is 1.62. The molecule has 94 valence electrons. The largest absolute Gasteiger partial charge is 0.508 e. The van der Waals surface area contributed by atoms with Crippen molar-refractivity contribution in [3.8, 4) is 5.75 Å². The van der Waals surface area contributed by atoms with Crippen molar-refractivity contribution >= 4 is 0 Å². The van der Waals surface area contributed by atoms with Crippen molar-refractivity contribution in [2.45, 2.75) is 20.3 Å². The Morgan fingerprint density at radius 1 is 1.00 bits per heavy atom. The van der Waals surface area contributed by atoms with Crippen LogP contribution in [-0.4, -0.2) is 5.11 Å². The van der Waals surface area contributed by atoms with Crippen LogP contribution in [-0.2, 0) is 6.42 Å². The molecule has 1 N–H and O–H groups in total. The number of para-hydroxylation sites is 1. The zero-order valence-electron chi connectivity index (χ0n) is 11.1. The summed E-state index contributed by atoms with van der Waals surface area (Å²) in [5, 5.41) is 8.63. The van der Waals surface area contributed by atoms with Crippen LogP contribution in [0.1, 0.15) is 16.7 Å². The van der Waals surface area contributed by atoms with Gasteiger partial charge in [0.15, 0.2) is 0 Å². The van der Waals surface area contributed by atoms with E-state index in [4.69, 9.17) is 5.11 Å². The van der Waals surface area contributed by atoms with E-state index in [1.54, 1.807) is 24.3 Å². The van der Waals surface area contributed by atoms with Crippen molar-refractivity contribution in [3.63, 3.8) is 0 Å². The predicted molar refractivity (Wildman–Crippen MR) is 77.9 cm³/mol. The molecule has 0 saturated heterocycles. The standard InChI is InChI=1S/C11H14.C6H6O/c1-4-6-11-8-5-7-9(2)10(11)3;7-6-4-2-1-3-5-6/h4-5,7-8H,1,6H2,2-3H3;1-5,7H. The van der Waals surface area contributed by atoms with Crippen molar-refractivity contribution in [1.82, 2.24) is 0 Å². The summed E-state index contributed by atoms with van der Waals surface area (Å²) in [4.78, 5) is 0. The van der Waals surface area contributed by atoms with Gasteiger partial charge < -0.3 is 5.11 Å². The highest BCUT2D eigenvalue weighted by Gasteiger charge is 1.96. The predicted octanol–water partition coefficient (Wildman–Crippen LogP) is 4.42. The molecule has 0 fully saturated rings. The SMILES string of the molecule is C=CCc1cccc(C)c1C.Oc1ccccc1. The third-order valence-electron chi connectivity index (χ3n) is 2.84. The number of aryl methyl sites for hydroxylation is 1. The maximum absolute atomic E-state index is 8.63. The Kier molecular flexibility index (Phi) is 5.72. The van der Waals surface area contributed by atoms with E-state index in [2.05, 4.69) is 38.6 Å². The normalized spacial score (nSPS) is 9.22. The van der Waals surface area contributed by atoms with Gasteiger partial charge >= 0.3 is 0 Å². The number of allylic oxidation sites excluding steroid dienone is 1. The van der Waals surface area contributed by atoms with Crippen LogP contribution in [0.4, 0.5) is 0 Å². The minimum absolute atomic E-state index is 0.322. The lowest BCUT2D eigenvalue weighted by Gasteiger charge is -2.04. The molecular weight excluding hydrogens is 220 g/mol. The summed E-state index contributed by atoms with van der Waals surface area (Å²) >= 11 is 0. The maximum Gasteiger partial charge on any atom is 0.115 e. The molecule has 2 aromatic carbocycles. The third kappa shape index (κ3) is 4.46. The Morgan fingerprint density at radius 2 is 1.67 bits per heavy atom. The number of rotatable bonds is 2. The van der Waals surface area contributed by atoms with Crippen molar-refractivity contribution in [1.29, 1.82) is 0 Å². The summed E-state index contributed by atoms with van der Waals surface area (Å²) in [6.45, 7) is 8.03. The van der Waals surface area contributed by atoms with Crippen LogP contribution in [0, 0.1) is 13.8 Å². The molecule has 2 rings (SSSR count). The molecule has 0 radical (unpaired) electrons. The summed E-state index contributed by atoms with van der Waals surface area (Å²) < 4.78 is 0. The summed E-state index contributed by atoms with van der Waals surface area (Å²) in [6.07, 6.45) is 2.93. The molecule has 2 aromatic rings. The van der Waals surface area contributed by atoms with E-state index in [9.17, 15) is 0 Å². The van der Waals surface area contributed by atoms with Crippen LogP contribution in [0.2, 0.25) is 0 Å². The van der Waals surface area contributed by atoms with Gasteiger partial charge in [0.05, 0.1) is 0 Å². The van der Waals surface area contributed by atoms with E-state index in [1.165, 1.54) is 16.7 Å². The van der Waals surface area contributed by atoms with E-state index in [0.717, 1.165) is 6.42 Å². The van der Waals surface area contributed by atoms with Crippen LogP contribution in [0.5, 0.6) is 5.75 Å². The molecule has 0 aliphatic rings. The first kappa shape index (κ1) is 14.0. The Bertz CT molecular complexity index is 486. The first-order chi connectivity index (χ1) is 8.65. The fourth-order valence-electron chi connectivity index (χ4n) is 1.62. The van der Waals surface area contributed by atoms with Gasteiger partial charge in [0, 0.05) is 0 Å². The smallest absolute Gasteiger partial charge is 0.115 e. The molecule has 0 amide bonds. The topological polar surface area (TPSA) is 20.2 Å². The average molecular weight is 240 g/mol. The first-order valence-corrected chi connectivity index (χ1v) is 6.05. The van der Waals surface area contributed by atoms with E-state index >= 15 is 0 Å². The second-order valence-corrected chi connectivity index (χ2v) is 4.19. The van der Waals surface area contributed by atoms with Gasteiger partial charge in [0.2, 0.25) is 0 Å². The number of hydrogen-bond acceptors (Lipinski definition) is 1. The van der Waals surface area contributed by atoms with E-state index in [-0.39, 0.29) is 0 Å². The highest BCUT2D eigenvalue weighted by molar-refractivity contribution is 5.34. The Balaban J connectivity index is 0.000000199. The van der Waals surface area contributed by atoms with Crippen LogP contribution in [0.3, 0.4) is 0 Å². The minimum Gasteiger partial charge on any atom is -0.508 e. The lowest BCUT2D eigenvalue weighted by Crippen LogP contribution is -1.88. The third-order valence-corrected chi connectivity index (χ3v) is 2.84. The van der Waals surface area contributed by atoms with Gasteiger partial charge in [0.25, 0.3) is 0 Å². The molecule has 0 aliphatic heterocycles. The number of phenols is 1. The van der Waals surface area contributed by atoms with Gasteiger partial charge in [-0.1, -0.05) is 42.5 Å². The van der Waals surface area contributed by atoms with Crippen molar-refractivity contribution in [3.05, 3.63) is 77.9 Å². The van der Waals surface area contributed by atoms with Gasteiger partial charge in [-0.2, -0.15) is 0 Å². The van der Waals surface area contributed by atoms with Gasteiger partial charge in [-0.25, -0.2) is 0 Å². The Hall–Kier alpha value is -2.02. The highest BCUT2D eigenvalue weighted by Crippen LogP contribution is 2.12. The zero-order valence-corrected chi connectivity index (χ0v) is 11.1. The highest BCUT2D eigenvalue weighted by atomic mass is 16.3. The lowest BCUT2D eigenvalue weighted by molar-refractivity contribution is 0.475. The molecule has 0 atom stereocenters. The van der Waals surface area contributed by atoms with Crippen molar-refractivity contribution in [2.75, 3.05) is 0 Å². The van der Waals surface area contributed by atoms with Gasteiger partial charge in [-0.05, 0) is 49.1 Å². The quantitative estimate of drug-likeness (QED) is 0.770. The summed E-state index contributed by atoms with van der Waals surface area (Å²) in [5.74, 6) is 0.322. The van der Waals surface area contributed by atoms with Crippen LogP contribution >= 0.6 is 0 Å². The van der Waals surface area contributed by atoms with Crippen LogP contribution in [0.25, 0.3) is 0 Å². The maximum atomic E-state index is 8.63.